The molecule has 0 aromatic carbocycles. The third kappa shape index (κ3) is 4.14. The average molecular weight is 450 g/mol. The van der Waals surface area contributed by atoms with Crippen molar-refractivity contribution in [2.45, 2.75) is 25.9 Å². The van der Waals surface area contributed by atoms with Crippen LogP contribution in [0.15, 0.2) is 11.2 Å². The van der Waals surface area contributed by atoms with Crippen LogP contribution in [0.4, 0.5) is 5.00 Å². The standard InChI is InChI=1S/C18H19N5O5S2/c1-8-6-9(2)23-17(19-8)21-22-18(23)29-7-11(24)20-14-12(15(25)27-4)10(3)13(30-14)16(26)28-5/h6H,7H2,1-5H3,(H,20,24). The molecule has 0 spiro atoms. The minimum Gasteiger partial charge on any atom is -0.465 e. The summed E-state index contributed by atoms with van der Waals surface area (Å²) >= 11 is 2.14. The van der Waals surface area contributed by atoms with Gasteiger partial charge in [-0.1, -0.05) is 11.8 Å². The highest BCUT2D eigenvalue weighted by Crippen LogP contribution is 2.34. The van der Waals surface area contributed by atoms with Crippen LogP contribution in [-0.2, 0) is 14.3 Å². The van der Waals surface area contributed by atoms with Crippen molar-refractivity contribution in [3.63, 3.8) is 0 Å². The van der Waals surface area contributed by atoms with E-state index >= 15 is 0 Å². The number of fused-ring (bicyclic) bond motifs is 1. The lowest BCUT2D eigenvalue weighted by Gasteiger charge is -2.06. The van der Waals surface area contributed by atoms with Gasteiger partial charge in [0.05, 0.1) is 25.5 Å². The van der Waals surface area contributed by atoms with Crippen molar-refractivity contribution < 1.29 is 23.9 Å². The number of amides is 1. The molecule has 0 aliphatic carbocycles. The minimum atomic E-state index is -0.651. The summed E-state index contributed by atoms with van der Waals surface area (Å²) in [6, 6.07) is 1.89. The number of carbonyl (C=O) groups is 3. The van der Waals surface area contributed by atoms with Crippen LogP contribution in [0.1, 0.15) is 37.0 Å². The molecule has 158 valence electrons. The molecule has 3 rings (SSSR count). The molecule has 3 heterocycles. The van der Waals surface area contributed by atoms with Gasteiger partial charge in [-0.3, -0.25) is 9.20 Å². The first kappa shape index (κ1) is 21.7. The lowest BCUT2D eigenvalue weighted by Crippen LogP contribution is -2.16. The van der Waals surface area contributed by atoms with Crippen LogP contribution in [0, 0.1) is 20.8 Å². The van der Waals surface area contributed by atoms with E-state index in [1.165, 1.54) is 26.0 Å². The zero-order valence-electron chi connectivity index (χ0n) is 16.9. The van der Waals surface area contributed by atoms with E-state index in [1.807, 2.05) is 19.9 Å². The van der Waals surface area contributed by atoms with E-state index in [2.05, 4.69) is 20.5 Å². The molecule has 0 unspecified atom stereocenters. The van der Waals surface area contributed by atoms with Gasteiger partial charge >= 0.3 is 11.9 Å². The zero-order chi connectivity index (χ0) is 22.0. The summed E-state index contributed by atoms with van der Waals surface area (Å²) in [6.45, 7) is 5.37. The van der Waals surface area contributed by atoms with Gasteiger partial charge in [0.1, 0.15) is 9.88 Å². The van der Waals surface area contributed by atoms with Gasteiger partial charge in [0, 0.05) is 11.4 Å². The Morgan fingerprint density at radius 3 is 2.50 bits per heavy atom. The number of carbonyl (C=O) groups excluding carboxylic acids is 3. The van der Waals surface area contributed by atoms with E-state index in [0.29, 0.717) is 16.5 Å². The number of hydrogen-bond acceptors (Lipinski definition) is 10. The number of rotatable bonds is 6. The number of methoxy groups -OCH3 is 2. The quantitative estimate of drug-likeness (QED) is 0.446. The van der Waals surface area contributed by atoms with Gasteiger partial charge in [0.2, 0.25) is 5.91 Å². The maximum absolute atomic E-state index is 12.5. The van der Waals surface area contributed by atoms with E-state index < -0.39 is 11.9 Å². The largest absolute Gasteiger partial charge is 0.465 e. The van der Waals surface area contributed by atoms with Crippen molar-refractivity contribution in [3.05, 3.63) is 33.5 Å². The van der Waals surface area contributed by atoms with Gasteiger partial charge in [-0.05, 0) is 32.4 Å². The number of thioether (sulfide) groups is 1. The fraction of sp³-hybridized carbons (Fsp3) is 0.333. The van der Waals surface area contributed by atoms with E-state index in [9.17, 15) is 14.4 Å². The molecule has 0 aliphatic heterocycles. The third-order valence-corrected chi connectivity index (χ3v) is 6.27. The van der Waals surface area contributed by atoms with Crippen LogP contribution >= 0.6 is 23.1 Å². The van der Waals surface area contributed by atoms with Gasteiger partial charge in [-0.2, -0.15) is 0 Å². The van der Waals surface area contributed by atoms with Crippen LogP contribution in [0.5, 0.6) is 0 Å². The smallest absolute Gasteiger partial charge is 0.348 e. The molecular formula is C18H19N5O5S2. The van der Waals surface area contributed by atoms with Crippen molar-refractivity contribution >= 4 is 51.7 Å². The first-order chi connectivity index (χ1) is 14.3. The van der Waals surface area contributed by atoms with Crippen LogP contribution in [0.3, 0.4) is 0 Å². The number of thiophene rings is 1. The highest BCUT2D eigenvalue weighted by atomic mass is 32.2. The molecule has 0 bridgehead atoms. The van der Waals surface area contributed by atoms with Gasteiger partial charge in [0.25, 0.3) is 5.78 Å². The maximum atomic E-state index is 12.5. The summed E-state index contributed by atoms with van der Waals surface area (Å²) in [6.07, 6.45) is 0. The molecule has 0 saturated heterocycles. The van der Waals surface area contributed by atoms with Crippen LogP contribution < -0.4 is 5.32 Å². The Morgan fingerprint density at radius 1 is 1.13 bits per heavy atom. The second-order valence-corrected chi connectivity index (χ2v) is 8.20. The predicted octanol–water partition coefficient (Wildman–Crippen LogP) is 2.42. The Hall–Kier alpha value is -2.99. The number of aromatic nitrogens is 4. The lowest BCUT2D eigenvalue weighted by atomic mass is 10.1. The molecule has 1 amide bonds. The monoisotopic (exact) mass is 449 g/mol. The van der Waals surface area contributed by atoms with Gasteiger partial charge in [-0.15, -0.1) is 21.5 Å². The number of hydrogen-bond donors (Lipinski definition) is 1. The summed E-state index contributed by atoms with van der Waals surface area (Å²) in [4.78, 5) is 41.2. The maximum Gasteiger partial charge on any atom is 0.348 e. The Balaban J connectivity index is 1.80. The van der Waals surface area contributed by atoms with Crippen molar-refractivity contribution in [3.8, 4) is 0 Å². The molecule has 3 aromatic rings. The number of nitrogens with zero attached hydrogens (tertiary/aromatic N) is 4. The van der Waals surface area contributed by atoms with E-state index in [1.54, 1.807) is 11.3 Å². The molecule has 0 aliphatic rings. The summed E-state index contributed by atoms with van der Waals surface area (Å²) in [5.74, 6) is -1.15. The summed E-state index contributed by atoms with van der Waals surface area (Å²) in [5.41, 5.74) is 2.24. The number of esters is 2. The molecule has 12 heteroatoms. The van der Waals surface area contributed by atoms with Crippen molar-refractivity contribution in [1.82, 2.24) is 19.6 Å². The highest BCUT2D eigenvalue weighted by Gasteiger charge is 2.27. The third-order valence-electron chi connectivity index (χ3n) is 4.16. The normalized spacial score (nSPS) is 10.8. The number of aryl methyl sites for hydroxylation is 2. The molecule has 30 heavy (non-hydrogen) atoms. The van der Waals surface area contributed by atoms with E-state index in [-0.39, 0.29) is 27.1 Å². The molecule has 0 saturated carbocycles. The SMILES string of the molecule is COC(=O)c1sc(NC(=O)CSc2nnc3nc(C)cc(C)n23)c(C(=O)OC)c1C. The van der Waals surface area contributed by atoms with E-state index in [0.717, 1.165) is 22.7 Å². The molecule has 0 radical (unpaired) electrons. The first-order valence-electron chi connectivity index (χ1n) is 8.68. The van der Waals surface area contributed by atoms with Crippen molar-refractivity contribution in [1.29, 1.82) is 0 Å². The molecule has 0 atom stereocenters. The lowest BCUT2D eigenvalue weighted by molar-refractivity contribution is -0.113. The second kappa shape index (κ2) is 8.79. The van der Waals surface area contributed by atoms with Crippen LogP contribution in [-0.4, -0.2) is 57.4 Å². The summed E-state index contributed by atoms with van der Waals surface area (Å²) in [5, 5.41) is 11.5. The van der Waals surface area contributed by atoms with Crippen molar-refractivity contribution in [2.75, 3.05) is 25.3 Å². The number of anilines is 1. The number of nitrogens with one attached hydrogen (secondary N) is 1. The second-order valence-electron chi connectivity index (χ2n) is 6.24. The predicted molar refractivity (Wildman–Crippen MR) is 111 cm³/mol. The van der Waals surface area contributed by atoms with Crippen molar-refractivity contribution in [2.24, 2.45) is 0 Å². The number of ether oxygens (including phenoxy) is 2. The molecule has 0 fully saturated rings. The summed E-state index contributed by atoms with van der Waals surface area (Å²) in [7, 11) is 2.47. The highest BCUT2D eigenvalue weighted by molar-refractivity contribution is 7.99. The Bertz CT molecular complexity index is 1150. The van der Waals surface area contributed by atoms with E-state index in [4.69, 9.17) is 9.47 Å². The minimum absolute atomic E-state index is 0.0131. The Labute approximate surface area is 180 Å². The van der Waals surface area contributed by atoms with Crippen LogP contribution in [0.25, 0.3) is 5.78 Å². The fourth-order valence-electron chi connectivity index (χ4n) is 2.82. The average Bonchev–Trinajstić information content (AvgIpc) is 3.26. The van der Waals surface area contributed by atoms with Gasteiger partial charge in [-0.25, -0.2) is 14.6 Å². The Morgan fingerprint density at radius 2 is 1.83 bits per heavy atom. The van der Waals surface area contributed by atoms with Crippen LogP contribution in [0.2, 0.25) is 0 Å². The molecule has 10 nitrogen and oxygen atoms in total. The first-order valence-corrected chi connectivity index (χ1v) is 10.5. The molecule has 1 N–H and O–H groups in total. The fourth-order valence-corrected chi connectivity index (χ4v) is 4.74. The topological polar surface area (TPSA) is 125 Å². The Kier molecular flexibility index (Phi) is 6.37. The van der Waals surface area contributed by atoms with Gasteiger partial charge in [0.15, 0.2) is 5.16 Å². The molecular weight excluding hydrogens is 430 g/mol. The van der Waals surface area contributed by atoms with Gasteiger partial charge < -0.3 is 14.8 Å². The molecule has 3 aromatic heterocycles. The zero-order valence-corrected chi connectivity index (χ0v) is 18.6. The summed E-state index contributed by atoms with van der Waals surface area (Å²) < 4.78 is 11.3.